The summed E-state index contributed by atoms with van der Waals surface area (Å²) in [6.07, 6.45) is 4.72. The van der Waals surface area contributed by atoms with E-state index < -0.39 is 0 Å². The third-order valence-electron chi connectivity index (χ3n) is 2.25. The number of nitrogens with one attached hydrogen (secondary N) is 1. The van der Waals surface area contributed by atoms with Crippen molar-refractivity contribution in [2.24, 2.45) is 0 Å². The van der Waals surface area contributed by atoms with Gasteiger partial charge in [0.05, 0.1) is 11.3 Å². The second kappa shape index (κ2) is 6.23. The lowest BCUT2D eigenvalue weighted by atomic mass is 10.2. The Bertz CT molecular complexity index is 386. The van der Waals surface area contributed by atoms with Gasteiger partial charge in [0.15, 0.2) is 5.82 Å². The Hall–Kier alpha value is -1.41. The van der Waals surface area contributed by atoms with Gasteiger partial charge >= 0.3 is 0 Å². The first-order valence-corrected chi connectivity index (χ1v) is 6.48. The smallest absolute Gasteiger partial charge is 0.150 e. The van der Waals surface area contributed by atoms with Crippen LogP contribution in [0.2, 0.25) is 0 Å². The maximum absolute atomic E-state index is 8.83. The first-order valence-electron chi connectivity index (χ1n) is 5.09. The van der Waals surface area contributed by atoms with Crippen molar-refractivity contribution in [2.75, 3.05) is 23.1 Å². The number of pyridine rings is 1. The fraction of sp³-hybridized carbons (Fsp3) is 0.455. The summed E-state index contributed by atoms with van der Waals surface area (Å²) in [5, 5.41) is 12.0. The predicted octanol–water partition coefficient (Wildman–Crippen LogP) is 2.09. The first kappa shape index (κ1) is 12.7. The quantitative estimate of drug-likeness (QED) is 0.818. The molecule has 0 fully saturated rings. The van der Waals surface area contributed by atoms with Crippen LogP contribution in [0.1, 0.15) is 18.9 Å². The summed E-state index contributed by atoms with van der Waals surface area (Å²) in [5.41, 5.74) is 6.72. The van der Waals surface area contributed by atoms with Crippen molar-refractivity contribution in [1.82, 2.24) is 4.98 Å². The number of aromatic nitrogens is 1. The molecule has 0 saturated carbocycles. The van der Waals surface area contributed by atoms with Crippen LogP contribution in [0.15, 0.2) is 12.3 Å². The summed E-state index contributed by atoms with van der Waals surface area (Å²) in [5.74, 6) is 1.69. The molecule has 0 radical (unpaired) electrons. The van der Waals surface area contributed by atoms with Gasteiger partial charge in [-0.1, -0.05) is 0 Å². The topological polar surface area (TPSA) is 74.7 Å². The molecule has 0 aliphatic carbocycles. The molecule has 0 saturated heterocycles. The molecule has 1 rings (SSSR count). The van der Waals surface area contributed by atoms with Crippen LogP contribution in [0.25, 0.3) is 0 Å². The molecular weight excluding hydrogens is 220 g/mol. The van der Waals surface area contributed by atoms with Gasteiger partial charge in [-0.3, -0.25) is 0 Å². The van der Waals surface area contributed by atoms with Gasteiger partial charge in [-0.15, -0.1) is 0 Å². The van der Waals surface area contributed by atoms with E-state index in [2.05, 4.69) is 23.5 Å². The van der Waals surface area contributed by atoms with Crippen molar-refractivity contribution >= 4 is 23.3 Å². The maximum atomic E-state index is 8.83. The number of rotatable bonds is 5. The molecule has 86 valence electrons. The number of nitrogen functional groups attached to an aromatic ring is 1. The van der Waals surface area contributed by atoms with Crippen molar-refractivity contribution in [1.29, 1.82) is 5.26 Å². The van der Waals surface area contributed by atoms with Crippen LogP contribution in [-0.2, 0) is 0 Å². The zero-order valence-electron chi connectivity index (χ0n) is 9.53. The summed E-state index contributed by atoms with van der Waals surface area (Å²) < 4.78 is 0. The van der Waals surface area contributed by atoms with Crippen molar-refractivity contribution < 1.29 is 0 Å². The van der Waals surface area contributed by atoms with E-state index in [9.17, 15) is 0 Å². The van der Waals surface area contributed by atoms with E-state index >= 15 is 0 Å². The van der Waals surface area contributed by atoms with Gasteiger partial charge in [-0.25, -0.2) is 4.98 Å². The fourth-order valence-electron chi connectivity index (χ4n) is 1.29. The standard InChI is InChI=1S/C11H16N4S/c1-8(4-6-16-2)15-11-10(13)9(7-12)3-5-14-11/h3,5,8H,4,6,13H2,1-2H3,(H,14,15). The molecule has 3 N–H and O–H groups in total. The highest BCUT2D eigenvalue weighted by Crippen LogP contribution is 2.20. The molecule has 0 aromatic carbocycles. The average Bonchev–Trinajstić information content (AvgIpc) is 2.29. The van der Waals surface area contributed by atoms with Crippen molar-refractivity contribution in [3.63, 3.8) is 0 Å². The van der Waals surface area contributed by atoms with Gasteiger partial charge in [0, 0.05) is 12.2 Å². The molecule has 0 spiro atoms. The Kier molecular flexibility index (Phi) is 4.93. The molecule has 1 unspecified atom stereocenters. The highest BCUT2D eigenvalue weighted by Gasteiger charge is 2.08. The van der Waals surface area contributed by atoms with Crippen LogP contribution < -0.4 is 11.1 Å². The molecule has 4 nitrogen and oxygen atoms in total. The Balaban J connectivity index is 2.70. The normalized spacial score (nSPS) is 11.8. The van der Waals surface area contributed by atoms with E-state index in [1.165, 1.54) is 0 Å². The molecule has 0 amide bonds. The van der Waals surface area contributed by atoms with Crippen LogP contribution in [0.4, 0.5) is 11.5 Å². The van der Waals surface area contributed by atoms with E-state index in [1.54, 1.807) is 12.3 Å². The Labute approximate surface area is 100 Å². The third kappa shape index (κ3) is 3.31. The molecule has 0 bridgehead atoms. The summed E-state index contributed by atoms with van der Waals surface area (Å²) in [6, 6.07) is 3.96. The molecule has 5 heteroatoms. The minimum absolute atomic E-state index is 0.302. The van der Waals surface area contributed by atoms with Crippen LogP contribution in [0.3, 0.4) is 0 Å². The minimum atomic E-state index is 0.302. The Morgan fingerprint density at radius 2 is 2.44 bits per heavy atom. The van der Waals surface area contributed by atoms with E-state index in [0.29, 0.717) is 23.1 Å². The Morgan fingerprint density at radius 1 is 1.69 bits per heavy atom. The van der Waals surface area contributed by atoms with Crippen molar-refractivity contribution in [3.05, 3.63) is 17.8 Å². The van der Waals surface area contributed by atoms with E-state index in [0.717, 1.165) is 12.2 Å². The predicted molar refractivity (Wildman–Crippen MR) is 69.4 cm³/mol. The number of nitriles is 1. The van der Waals surface area contributed by atoms with E-state index in [4.69, 9.17) is 11.0 Å². The van der Waals surface area contributed by atoms with Crippen LogP contribution in [0, 0.1) is 11.3 Å². The second-order valence-electron chi connectivity index (χ2n) is 3.56. The fourth-order valence-corrected chi connectivity index (χ4v) is 1.88. The van der Waals surface area contributed by atoms with Crippen molar-refractivity contribution in [2.45, 2.75) is 19.4 Å². The molecule has 1 atom stereocenters. The molecule has 0 aliphatic rings. The monoisotopic (exact) mass is 236 g/mol. The number of hydrogen-bond acceptors (Lipinski definition) is 5. The molecular formula is C11H16N4S. The zero-order chi connectivity index (χ0) is 12.0. The lowest BCUT2D eigenvalue weighted by molar-refractivity contribution is 0.767. The molecule has 1 heterocycles. The SMILES string of the molecule is CSCCC(C)Nc1nccc(C#N)c1N. The molecule has 16 heavy (non-hydrogen) atoms. The van der Waals surface area contributed by atoms with Gasteiger partial charge in [-0.2, -0.15) is 17.0 Å². The van der Waals surface area contributed by atoms with Gasteiger partial charge < -0.3 is 11.1 Å². The number of hydrogen-bond donors (Lipinski definition) is 2. The minimum Gasteiger partial charge on any atom is -0.395 e. The summed E-state index contributed by atoms with van der Waals surface area (Å²) >= 11 is 1.81. The maximum Gasteiger partial charge on any atom is 0.150 e. The third-order valence-corrected chi connectivity index (χ3v) is 2.89. The van der Waals surface area contributed by atoms with Crippen LogP contribution in [-0.4, -0.2) is 23.0 Å². The number of nitrogens with two attached hydrogens (primary N) is 1. The van der Waals surface area contributed by atoms with Gasteiger partial charge in [0.1, 0.15) is 6.07 Å². The number of anilines is 2. The summed E-state index contributed by atoms with van der Waals surface area (Å²) in [4.78, 5) is 4.14. The van der Waals surface area contributed by atoms with E-state index in [1.807, 2.05) is 17.8 Å². The molecule has 1 aromatic rings. The average molecular weight is 236 g/mol. The van der Waals surface area contributed by atoms with Gasteiger partial charge in [-0.05, 0) is 31.4 Å². The van der Waals surface area contributed by atoms with Crippen LogP contribution >= 0.6 is 11.8 Å². The first-order chi connectivity index (χ1) is 7.69. The van der Waals surface area contributed by atoms with Crippen LogP contribution in [0.5, 0.6) is 0 Å². The van der Waals surface area contributed by atoms with E-state index in [-0.39, 0.29) is 0 Å². The largest absolute Gasteiger partial charge is 0.395 e. The second-order valence-corrected chi connectivity index (χ2v) is 4.55. The zero-order valence-corrected chi connectivity index (χ0v) is 10.3. The number of thioether (sulfide) groups is 1. The molecule has 1 aromatic heterocycles. The molecule has 0 aliphatic heterocycles. The lowest BCUT2D eigenvalue weighted by Crippen LogP contribution is -2.18. The summed E-state index contributed by atoms with van der Waals surface area (Å²) in [6.45, 7) is 2.08. The van der Waals surface area contributed by atoms with Gasteiger partial charge in [0.2, 0.25) is 0 Å². The lowest BCUT2D eigenvalue weighted by Gasteiger charge is -2.15. The number of nitrogens with zero attached hydrogens (tertiary/aromatic N) is 2. The van der Waals surface area contributed by atoms with Gasteiger partial charge in [0.25, 0.3) is 0 Å². The highest BCUT2D eigenvalue weighted by atomic mass is 32.2. The highest BCUT2D eigenvalue weighted by molar-refractivity contribution is 7.98. The summed E-state index contributed by atoms with van der Waals surface area (Å²) in [7, 11) is 0. The Morgan fingerprint density at radius 3 is 3.06 bits per heavy atom. The van der Waals surface area contributed by atoms with Crippen molar-refractivity contribution in [3.8, 4) is 6.07 Å².